The van der Waals surface area contributed by atoms with Crippen LogP contribution in [0.2, 0.25) is 0 Å². The van der Waals surface area contributed by atoms with E-state index in [-0.39, 0.29) is 5.41 Å². The Morgan fingerprint density at radius 3 is 2.15 bits per heavy atom. The van der Waals surface area contributed by atoms with Crippen LogP contribution in [0.3, 0.4) is 0 Å². The predicted octanol–water partition coefficient (Wildman–Crippen LogP) is 1.40. The van der Waals surface area contributed by atoms with Crippen molar-refractivity contribution in [2.24, 2.45) is 0 Å². The molecular weight excluding hydrogens is 254 g/mol. The second-order valence-corrected chi connectivity index (χ2v) is 6.52. The second kappa shape index (κ2) is 6.12. The van der Waals surface area contributed by atoms with Gasteiger partial charge in [-0.1, -0.05) is 32.9 Å². The lowest BCUT2D eigenvalue weighted by molar-refractivity contribution is 0.0572. The van der Waals surface area contributed by atoms with E-state index in [9.17, 15) is 10.2 Å². The zero-order valence-electron chi connectivity index (χ0n) is 12.5. The Hall–Kier alpha value is -1.10. The molecule has 1 aliphatic heterocycles. The van der Waals surface area contributed by atoms with Gasteiger partial charge in [-0.15, -0.1) is 0 Å². The largest absolute Gasteiger partial charge is 0.492 e. The maximum absolute atomic E-state index is 9.46. The quantitative estimate of drug-likeness (QED) is 0.875. The Kier molecular flexibility index (Phi) is 4.68. The van der Waals surface area contributed by atoms with Gasteiger partial charge in [0.25, 0.3) is 0 Å². The molecule has 0 spiro atoms. The fraction of sp³-hybridized carbons (Fsp3) is 0.625. The summed E-state index contributed by atoms with van der Waals surface area (Å²) in [6.45, 7) is 8.89. The van der Waals surface area contributed by atoms with Gasteiger partial charge in [0.2, 0.25) is 0 Å². The van der Waals surface area contributed by atoms with Crippen molar-refractivity contribution in [1.29, 1.82) is 0 Å². The zero-order valence-corrected chi connectivity index (χ0v) is 12.5. The number of nitrogens with zero attached hydrogens (tertiary/aromatic N) is 1. The maximum Gasteiger partial charge on any atom is 0.119 e. The van der Waals surface area contributed by atoms with Crippen LogP contribution in [0.4, 0.5) is 0 Å². The van der Waals surface area contributed by atoms with Crippen LogP contribution in [0.25, 0.3) is 0 Å². The Bertz CT molecular complexity index is 414. The Morgan fingerprint density at radius 2 is 1.65 bits per heavy atom. The first-order valence-corrected chi connectivity index (χ1v) is 7.18. The van der Waals surface area contributed by atoms with Crippen molar-refractivity contribution in [3.8, 4) is 5.75 Å². The van der Waals surface area contributed by atoms with Crippen LogP contribution in [-0.4, -0.2) is 53.6 Å². The molecule has 4 heteroatoms. The minimum atomic E-state index is -0.624. The number of rotatable bonds is 4. The van der Waals surface area contributed by atoms with E-state index in [1.54, 1.807) is 0 Å². The standard InChI is InChI=1S/C16H25NO3/c1-16(2,3)12-4-6-13(7-5-12)20-9-8-17-10-14(18)15(19)11-17/h4-7,14-15,18-19H,8-11H2,1-3H3. The molecular formula is C16H25NO3. The number of ether oxygens (including phenoxy) is 1. The summed E-state index contributed by atoms with van der Waals surface area (Å²) < 4.78 is 5.70. The third-order valence-electron chi connectivity index (χ3n) is 3.73. The van der Waals surface area contributed by atoms with Crippen molar-refractivity contribution < 1.29 is 14.9 Å². The van der Waals surface area contributed by atoms with Gasteiger partial charge in [-0.05, 0) is 23.1 Å². The molecule has 20 heavy (non-hydrogen) atoms. The van der Waals surface area contributed by atoms with Crippen molar-refractivity contribution in [2.75, 3.05) is 26.2 Å². The number of benzene rings is 1. The molecule has 4 nitrogen and oxygen atoms in total. The normalized spacial score (nSPS) is 24.1. The lowest BCUT2D eigenvalue weighted by atomic mass is 9.87. The van der Waals surface area contributed by atoms with Gasteiger partial charge in [-0.2, -0.15) is 0 Å². The predicted molar refractivity (Wildman–Crippen MR) is 79.1 cm³/mol. The summed E-state index contributed by atoms with van der Waals surface area (Å²) in [7, 11) is 0. The monoisotopic (exact) mass is 279 g/mol. The first kappa shape index (κ1) is 15.3. The van der Waals surface area contributed by atoms with Crippen LogP contribution in [-0.2, 0) is 5.41 Å². The highest BCUT2D eigenvalue weighted by Gasteiger charge is 2.28. The van der Waals surface area contributed by atoms with E-state index in [1.807, 2.05) is 17.0 Å². The Balaban J connectivity index is 1.77. The van der Waals surface area contributed by atoms with Crippen molar-refractivity contribution in [1.82, 2.24) is 4.90 Å². The van der Waals surface area contributed by atoms with Gasteiger partial charge >= 0.3 is 0 Å². The lowest BCUT2D eigenvalue weighted by Gasteiger charge is -2.19. The summed E-state index contributed by atoms with van der Waals surface area (Å²) in [4.78, 5) is 2.01. The molecule has 0 radical (unpaired) electrons. The molecule has 1 saturated heterocycles. The molecule has 0 bridgehead atoms. The average Bonchev–Trinajstić information content (AvgIpc) is 2.68. The van der Waals surface area contributed by atoms with Crippen molar-refractivity contribution in [2.45, 2.75) is 38.4 Å². The van der Waals surface area contributed by atoms with Gasteiger partial charge in [0.15, 0.2) is 0 Å². The number of β-amino-alcohol motifs (C(OH)–C–C–N with tert-alkyl or cyclic N) is 2. The summed E-state index contributed by atoms with van der Waals surface area (Å²) in [5, 5.41) is 18.9. The molecule has 2 rings (SSSR count). The molecule has 1 aromatic rings. The first-order valence-electron chi connectivity index (χ1n) is 7.18. The Labute approximate surface area is 121 Å². The van der Waals surface area contributed by atoms with Crippen LogP contribution in [0.1, 0.15) is 26.3 Å². The van der Waals surface area contributed by atoms with Gasteiger partial charge in [0.1, 0.15) is 12.4 Å². The van der Waals surface area contributed by atoms with Crippen LogP contribution in [0, 0.1) is 0 Å². The molecule has 0 aliphatic carbocycles. The molecule has 0 aromatic heterocycles. The highest BCUT2D eigenvalue weighted by molar-refractivity contribution is 5.31. The third kappa shape index (κ3) is 3.95. The summed E-state index contributed by atoms with van der Waals surface area (Å²) in [6.07, 6.45) is -1.25. The van der Waals surface area contributed by atoms with E-state index >= 15 is 0 Å². The minimum absolute atomic E-state index is 0.153. The smallest absolute Gasteiger partial charge is 0.119 e. The van der Waals surface area contributed by atoms with Crippen molar-refractivity contribution in [3.63, 3.8) is 0 Å². The summed E-state index contributed by atoms with van der Waals surface area (Å²) >= 11 is 0. The molecule has 2 atom stereocenters. The zero-order chi connectivity index (χ0) is 14.8. The number of aliphatic hydroxyl groups is 2. The molecule has 1 heterocycles. The van der Waals surface area contributed by atoms with E-state index in [0.717, 1.165) is 12.3 Å². The van der Waals surface area contributed by atoms with E-state index in [1.165, 1.54) is 5.56 Å². The van der Waals surface area contributed by atoms with Gasteiger partial charge in [-0.25, -0.2) is 0 Å². The number of hydrogen-bond acceptors (Lipinski definition) is 4. The maximum atomic E-state index is 9.46. The van der Waals surface area contributed by atoms with E-state index < -0.39 is 12.2 Å². The number of hydrogen-bond donors (Lipinski definition) is 2. The van der Waals surface area contributed by atoms with Gasteiger partial charge in [-0.3, -0.25) is 4.90 Å². The summed E-state index contributed by atoms with van der Waals surface area (Å²) in [5.74, 6) is 0.860. The van der Waals surface area contributed by atoms with Crippen LogP contribution in [0.5, 0.6) is 5.75 Å². The summed E-state index contributed by atoms with van der Waals surface area (Å²) in [6, 6.07) is 8.18. The fourth-order valence-electron chi connectivity index (χ4n) is 2.37. The average molecular weight is 279 g/mol. The lowest BCUT2D eigenvalue weighted by Crippen LogP contribution is -2.27. The molecule has 112 valence electrons. The van der Waals surface area contributed by atoms with Gasteiger partial charge in [0.05, 0.1) is 12.2 Å². The molecule has 2 unspecified atom stereocenters. The SMILES string of the molecule is CC(C)(C)c1ccc(OCCN2CC(O)C(O)C2)cc1. The Morgan fingerprint density at radius 1 is 1.10 bits per heavy atom. The van der Waals surface area contributed by atoms with Crippen molar-refractivity contribution >= 4 is 0 Å². The second-order valence-electron chi connectivity index (χ2n) is 6.52. The third-order valence-corrected chi connectivity index (χ3v) is 3.73. The molecule has 0 amide bonds. The topological polar surface area (TPSA) is 52.9 Å². The highest BCUT2D eigenvalue weighted by atomic mass is 16.5. The van der Waals surface area contributed by atoms with E-state index in [0.29, 0.717) is 19.7 Å². The molecule has 0 saturated carbocycles. The van der Waals surface area contributed by atoms with Crippen molar-refractivity contribution in [3.05, 3.63) is 29.8 Å². The minimum Gasteiger partial charge on any atom is -0.492 e. The van der Waals surface area contributed by atoms with E-state index in [4.69, 9.17) is 4.74 Å². The summed E-state index contributed by atoms with van der Waals surface area (Å²) in [5.41, 5.74) is 1.44. The van der Waals surface area contributed by atoms with Crippen LogP contribution >= 0.6 is 0 Å². The fourth-order valence-corrected chi connectivity index (χ4v) is 2.37. The van der Waals surface area contributed by atoms with Gasteiger partial charge in [0, 0.05) is 19.6 Å². The molecule has 1 aliphatic rings. The molecule has 2 N–H and O–H groups in total. The molecule has 1 aromatic carbocycles. The van der Waals surface area contributed by atoms with E-state index in [2.05, 4.69) is 32.9 Å². The van der Waals surface area contributed by atoms with Crippen LogP contribution < -0.4 is 4.74 Å². The number of aliphatic hydroxyl groups excluding tert-OH is 2. The number of likely N-dealkylation sites (tertiary alicyclic amines) is 1. The highest BCUT2D eigenvalue weighted by Crippen LogP contribution is 2.24. The first-order chi connectivity index (χ1) is 9.36. The van der Waals surface area contributed by atoms with Crippen LogP contribution in [0.15, 0.2) is 24.3 Å². The van der Waals surface area contributed by atoms with Gasteiger partial charge < -0.3 is 14.9 Å². The molecule has 1 fully saturated rings.